The van der Waals surface area contributed by atoms with Gasteiger partial charge in [-0.2, -0.15) is 13.2 Å². The summed E-state index contributed by atoms with van der Waals surface area (Å²) in [4.78, 5) is 188. The summed E-state index contributed by atoms with van der Waals surface area (Å²) >= 11 is 6.36. The Balaban J connectivity index is 1.58. The standard InChI is InChI=1S/C68H112ClF3N12O12/c1-18-40(6)56-66(95)78(13)43(9)61(90)84-32-30-50(84)65(94)80(15)52(35-45-24-22-39(5)23-25-45)64(93)77(12)37-54(85)74-48(29-27-44-26-28-46(47(69)34-44)68(70,71)72)62(91)83-31-20-21-49(83)58(87)73-42(8)60(89)82(17)57(41(7)19-2)67(96)81(16)53(63(92)76(10)11)36-55(86)79(14)51(33-38(3)4)59(88)75-56/h38-53,56-57H,18-37H2,1-17H3,(H,73,87)(H,74,85)(H,75,88)/t39?,40-,41-,42-,43-,44?,45?,46?,47?,48-,49-,50-,51-,52-,53-,56-,57-/m0/s1. The topological polar surface area (TPSA) is 270 Å². The van der Waals surface area contributed by atoms with Crippen LogP contribution in [0.3, 0.4) is 0 Å². The number of carbonyl (C=O) groups is 12. The summed E-state index contributed by atoms with van der Waals surface area (Å²) in [6, 6.07) is -12.2. The van der Waals surface area contributed by atoms with Gasteiger partial charge in [0.1, 0.15) is 60.4 Å². The number of nitrogens with zero attached hydrogens (tertiary/aromatic N) is 9. The van der Waals surface area contributed by atoms with Crippen LogP contribution in [0.25, 0.3) is 0 Å². The van der Waals surface area contributed by atoms with Crippen LogP contribution < -0.4 is 16.0 Å². The molecule has 0 aromatic heterocycles. The van der Waals surface area contributed by atoms with Crippen LogP contribution in [0.2, 0.25) is 0 Å². The summed E-state index contributed by atoms with van der Waals surface area (Å²) in [6.07, 6.45) is 0.0635. The molecular weight excluding hydrogens is 1270 g/mol. The van der Waals surface area contributed by atoms with Crippen molar-refractivity contribution in [1.29, 1.82) is 0 Å². The number of amides is 12. The van der Waals surface area contributed by atoms with Gasteiger partial charge < -0.3 is 60.0 Å². The zero-order valence-electron chi connectivity index (χ0n) is 60.0. The van der Waals surface area contributed by atoms with Crippen LogP contribution in [-0.2, 0) is 57.5 Å². The van der Waals surface area contributed by atoms with E-state index in [1.165, 1.54) is 109 Å². The van der Waals surface area contributed by atoms with Gasteiger partial charge in [-0.15, -0.1) is 11.6 Å². The molecule has 0 spiro atoms. The Labute approximate surface area is 571 Å². The van der Waals surface area contributed by atoms with Crippen LogP contribution in [0.1, 0.15) is 171 Å². The summed E-state index contributed by atoms with van der Waals surface area (Å²) in [7, 11) is 11.4. The molecule has 28 heteroatoms. The fraction of sp³-hybridized carbons (Fsp3) is 0.824. The van der Waals surface area contributed by atoms with Crippen LogP contribution in [-0.4, -0.2) is 263 Å². The third-order valence-electron chi connectivity index (χ3n) is 21.5. The molecule has 3 N–H and O–H groups in total. The van der Waals surface area contributed by atoms with Gasteiger partial charge in [0.15, 0.2) is 0 Å². The summed E-state index contributed by atoms with van der Waals surface area (Å²) in [6.45, 7) is 15.5. The maximum absolute atomic E-state index is 15.0. The maximum Gasteiger partial charge on any atom is 0.393 e. The number of hydrogen-bond donors (Lipinski definition) is 3. The lowest BCUT2D eigenvalue weighted by Gasteiger charge is -2.45. The highest BCUT2D eigenvalue weighted by Crippen LogP contribution is 2.44. The molecule has 3 aliphatic heterocycles. The van der Waals surface area contributed by atoms with Crippen molar-refractivity contribution in [1.82, 2.24) is 60.0 Å². The predicted molar refractivity (Wildman–Crippen MR) is 356 cm³/mol. The zero-order valence-corrected chi connectivity index (χ0v) is 60.7. The summed E-state index contributed by atoms with van der Waals surface area (Å²) in [5.74, 6) is -10.8. The van der Waals surface area contributed by atoms with E-state index in [4.69, 9.17) is 11.6 Å². The van der Waals surface area contributed by atoms with Crippen LogP contribution in [0.4, 0.5) is 13.2 Å². The second-order valence-electron chi connectivity index (χ2n) is 29.1. The van der Waals surface area contributed by atoms with Gasteiger partial charge in [-0.1, -0.05) is 87.0 Å². The van der Waals surface area contributed by atoms with Gasteiger partial charge in [0, 0.05) is 74.8 Å². The van der Waals surface area contributed by atoms with E-state index in [-0.39, 0.29) is 88.6 Å². The quantitative estimate of drug-likeness (QED) is 0.221. The number of hydrogen-bond acceptors (Lipinski definition) is 12. The second-order valence-corrected chi connectivity index (χ2v) is 29.7. The number of likely N-dealkylation sites (N-methyl/N-ethyl adjacent to an activating group) is 7. The predicted octanol–water partition coefficient (Wildman–Crippen LogP) is 4.88. The van der Waals surface area contributed by atoms with E-state index < -0.39 is 174 Å². The summed E-state index contributed by atoms with van der Waals surface area (Å²) in [5, 5.41) is 7.21. The molecule has 12 amide bonds. The highest BCUT2D eigenvalue weighted by molar-refractivity contribution is 6.21. The van der Waals surface area contributed by atoms with Crippen molar-refractivity contribution in [3.05, 3.63) is 0 Å². The normalized spacial score (nSPS) is 31.9. The number of carbonyl (C=O) groups excluding carboxylic acids is 12. The second kappa shape index (κ2) is 35.0. The molecule has 5 rings (SSSR count). The van der Waals surface area contributed by atoms with Crippen LogP contribution in [0.15, 0.2) is 0 Å². The van der Waals surface area contributed by atoms with E-state index in [1.54, 1.807) is 20.8 Å². The molecule has 96 heavy (non-hydrogen) atoms. The minimum absolute atomic E-state index is 0.00647. The molecule has 544 valence electrons. The van der Waals surface area contributed by atoms with Crippen molar-refractivity contribution < 1.29 is 70.7 Å². The fourth-order valence-electron chi connectivity index (χ4n) is 14.4. The first-order valence-electron chi connectivity index (χ1n) is 34.8. The van der Waals surface area contributed by atoms with E-state index in [0.29, 0.717) is 25.2 Å². The van der Waals surface area contributed by atoms with Crippen LogP contribution in [0, 0.1) is 41.4 Å². The Hall–Kier alpha value is -6.28. The van der Waals surface area contributed by atoms with Gasteiger partial charge in [0.05, 0.1) is 18.9 Å². The molecule has 15 atom stereocenters. The molecule has 0 bridgehead atoms. The largest absolute Gasteiger partial charge is 0.393 e. The van der Waals surface area contributed by atoms with Crippen molar-refractivity contribution in [3.63, 3.8) is 0 Å². The van der Waals surface area contributed by atoms with Crippen molar-refractivity contribution in [2.75, 3.05) is 76.0 Å². The molecule has 24 nitrogen and oxygen atoms in total. The van der Waals surface area contributed by atoms with E-state index in [2.05, 4.69) is 22.9 Å². The van der Waals surface area contributed by atoms with E-state index in [9.17, 15) is 61.1 Å². The van der Waals surface area contributed by atoms with E-state index in [1.807, 2.05) is 20.8 Å². The highest BCUT2D eigenvalue weighted by Gasteiger charge is 2.50. The molecule has 2 aliphatic carbocycles. The molecule has 3 saturated heterocycles. The monoisotopic (exact) mass is 1380 g/mol. The molecule has 3 heterocycles. The maximum atomic E-state index is 15.0. The van der Waals surface area contributed by atoms with Crippen molar-refractivity contribution >= 4 is 82.5 Å². The number of alkyl halides is 4. The molecule has 0 aromatic carbocycles. The average Bonchev–Trinajstić information content (AvgIpc) is 0.839. The first-order chi connectivity index (χ1) is 44.8. The number of rotatable bonds is 12. The minimum atomic E-state index is -4.51. The van der Waals surface area contributed by atoms with Crippen LogP contribution >= 0.6 is 11.6 Å². The molecular formula is C68H112ClF3N12O12. The number of fused-ring (bicyclic) bond motifs is 2. The lowest BCUT2D eigenvalue weighted by Crippen LogP contribution is -2.65. The fourth-order valence-corrected chi connectivity index (χ4v) is 14.9. The van der Waals surface area contributed by atoms with E-state index >= 15 is 9.59 Å². The first kappa shape index (κ1) is 80.4. The highest BCUT2D eigenvalue weighted by atomic mass is 35.5. The summed E-state index contributed by atoms with van der Waals surface area (Å²) < 4.78 is 41.8. The lowest BCUT2D eigenvalue weighted by atomic mass is 9.78. The zero-order chi connectivity index (χ0) is 72.3. The average molecular weight is 1380 g/mol. The molecule has 0 aromatic rings. The third-order valence-corrected chi connectivity index (χ3v) is 22.0. The Morgan fingerprint density at radius 3 is 1.76 bits per heavy atom. The van der Waals surface area contributed by atoms with Crippen LogP contribution in [0.5, 0.6) is 0 Å². The van der Waals surface area contributed by atoms with Gasteiger partial charge in [0.2, 0.25) is 70.9 Å². The number of halogens is 4. The van der Waals surface area contributed by atoms with Crippen molar-refractivity contribution in [2.24, 2.45) is 41.4 Å². The number of nitrogens with one attached hydrogen (secondary N) is 3. The Kier molecular flexibility index (Phi) is 29.3. The van der Waals surface area contributed by atoms with Gasteiger partial charge in [0.25, 0.3) is 0 Å². The first-order valence-corrected chi connectivity index (χ1v) is 35.2. The van der Waals surface area contributed by atoms with Gasteiger partial charge in [-0.05, 0) is 114 Å². The van der Waals surface area contributed by atoms with Crippen molar-refractivity contribution in [3.8, 4) is 0 Å². The Bertz CT molecular complexity index is 2790. The minimum Gasteiger partial charge on any atom is -0.347 e. The van der Waals surface area contributed by atoms with Gasteiger partial charge in [-0.3, -0.25) is 57.5 Å². The Morgan fingerprint density at radius 2 is 1.21 bits per heavy atom. The summed E-state index contributed by atoms with van der Waals surface area (Å²) in [5.41, 5.74) is 0. The van der Waals surface area contributed by atoms with Gasteiger partial charge in [-0.25, -0.2) is 0 Å². The molecule has 5 aliphatic rings. The lowest BCUT2D eigenvalue weighted by molar-refractivity contribution is -0.182. The molecule has 5 fully saturated rings. The third kappa shape index (κ3) is 19.8. The van der Waals surface area contributed by atoms with E-state index in [0.717, 1.165) is 30.6 Å². The smallest absolute Gasteiger partial charge is 0.347 e. The van der Waals surface area contributed by atoms with Crippen molar-refractivity contribution in [2.45, 2.75) is 243 Å². The van der Waals surface area contributed by atoms with Gasteiger partial charge >= 0.3 is 6.18 Å². The SMILES string of the molecule is CC[C@H](C)[C@@H]1NC(=O)[C@H](CC(C)C)N(C)C(=O)C[C@@H](C(=O)N(C)C)N(C)C(=O)[C@H]([C@@H](C)CC)N(C)C(=O)[C@H](C)NC(=O)[C@@H]2CCCN2C(=O)[C@H](CCC2CCC(C(F)(F)F)C(Cl)C2)NC(=O)CN(C)C(=O)[C@H](CC2CCC(C)CC2)N(C)C(=O)[C@@H]2CCN2C(=O)[C@H](C)N(C)C1=O. The molecule has 2 saturated carbocycles. The Morgan fingerprint density at radius 1 is 0.604 bits per heavy atom. The molecule has 0 radical (unpaired) electrons. The molecule has 3 unspecified atom stereocenters.